The number of carbonyl (C=O) groups excluding carboxylic acids is 2. The second kappa shape index (κ2) is 9.43. The van der Waals surface area contributed by atoms with Crippen molar-refractivity contribution in [3.63, 3.8) is 0 Å². The summed E-state index contributed by atoms with van der Waals surface area (Å²) in [5, 5.41) is 10.7. The van der Waals surface area contributed by atoms with E-state index in [1.165, 1.54) is 0 Å². The fourth-order valence-electron chi connectivity index (χ4n) is 3.51. The first-order valence-corrected chi connectivity index (χ1v) is 10.5. The number of carbonyl (C=O) groups is 2. The standard InChI is InChI=1S/C25H25N3O4/c1-3-11-26-25(30)16-7-6-8-17(12-16)27-15-24(29)28-20-14-22-19(13-23(20)31-2)18-9-4-5-10-21(18)32-22/h4-10,12-14,27H,3,11,15H2,1-2H3,(H,26,30)(H,28,29). The molecule has 0 aliphatic carbocycles. The molecule has 0 saturated carbocycles. The largest absolute Gasteiger partial charge is 0.495 e. The van der Waals surface area contributed by atoms with Gasteiger partial charge in [-0.25, -0.2) is 0 Å². The molecule has 0 unspecified atom stereocenters. The zero-order chi connectivity index (χ0) is 22.5. The third-order valence-electron chi connectivity index (χ3n) is 5.09. The van der Waals surface area contributed by atoms with Crippen LogP contribution in [0.2, 0.25) is 0 Å². The van der Waals surface area contributed by atoms with Crippen LogP contribution in [0, 0.1) is 0 Å². The van der Waals surface area contributed by atoms with Gasteiger partial charge in [-0.1, -0.05) is 31.2 Å². The van der Waals surface area contributed by atoms with Crippen LogP contribution in [0.25, 0.3) is 21.9 Å². The summed E-state index contributed by atoms with van der Waals surface area (Å²) in [5.74, 6) is 0.162. The van der Waals surface area contributed by atoms with Crippen molar-refractivity contribution in [3.8, 4) is 5.75 Å². The topological polar surface area (TPSA) is 92.6 Å². The molecular weight excluding hydrogens is 406 g/mol. The molecule has 2 amide bonds. The molecule has 3 aromatic carbocycles. The third-order valence-corrected chi connectivity index (χ3v) is 5.09. The zero-order valence-corrected chi connectivity index (χ0v) is 18.0. The Balaban J connectivity index is 1.46. The van der Waals surface area contributed by atoms with Gasteiger partial charge in [-0.2, -0.15) is 0 Å². The highest BCUT2D eigenvalue weighted by Gasteiger charge is 2.14. The Hall–Kier alpha value is -4.00. The minimum Gasteiger partial charge on any atom is -0.495 e. The van der Waals surface area contributed by atoms with E-state index in [4.69, 9.17) is 9.15 Å². The number of hydrogen-bond donors (Lipinski definition) is 3. The number of nitrogens with one attached hydrogen (secondary N) is 3. The molecule has 0 saturated heterocycles. The predicted octanol–water partition coefficient (Wildman–Crippen LogP) is 4.79. The van der Waals surface area contributed by atoms with Gasteiger partial charge in [0.2, 0.25) is 5.91 Å². The van der Waals surface area contributed by atoms with Crippen molar-refractivity contribution in [3.05, 3.63) is 66.2 Å². The van der Waals surface area contributed by atoms with Crippen LogP contribution < -0.4 is 20.7 Å². The van der Waals surface area contributed by atoms with E-state index < -0.39 is 0 Å². The van der Waals surface area contributed by atoms with Gasteiger partial charge in [0.05, 0.1) is 19.3 Å². The molecule has 32 heavy (non-hydrogen) atoms. The van der Waals surface area contributed by atoms with Crippen molar-refractivity contribution in [2.75, 3.05) is 30.8 Å². The Labute approximate surface area is 185 Å². The van der Waals surface area contributed by atoms with Gasteiger partial charge in [0.25, 0.3) is 5.91 Å². The quantitative estimate of drug-likeness (QED) is 0.373. The maximum atomic E-state index is 12.6. The number of rotatable bonds is 8. The number of para-hydroxylation sites is 1. The Bertz CT molecular complexity index is 1280. The van der Waals surface area contributed by atoms with E-state index in [0.29, 0.717) is 34.8 Å². The van der Waals surface area contributed by atoms with E-state index in [-0.39, 0.29) is 18.4 Å². The Morgan fingerprint density at radius 3 is 2.62 bits per heavy atom. The van der Waals surface area contributed by atoms with Crippen molar-refractivity contribution >= 4 is 45.1 Å². The molecule has 4 aromatic rings. The van der Waals surface area contributed by atoms with Crippen molar-refractivity contribution in [1.82, 2.24) is 5.32 Å². The van der Waals surface area contributed by atoms with Crippen LogP contribution in [0.1, 0.15) is 23.7 Å². The van der Waals surface area contributed by atoms with Crippen LogP contribution in [0.15, 0.2) is 65.1 Å². The van der Waals surface area contributed by atoms with Crippen LogP contribution in [-0.4, -0.2) is 32.0 Å². The highest BCUT2D eigenvalue weighted by Crippen LogP contribution is 2.36. The van der Waals surface area contributed by atoms with E-state index in [9.17, 15) is 9.59 Å². The first-order chi connectivity index (χ1) is 15.6. The van der Waals surface area contributed by atoms with Gasteiger partial charge in [0, 0.05) is 34.6 Å². The summed E-state index contributed by atoms with van der Waals surface area (Å²) < 4.78 is 11.4. The molecule has 3 N–H and O–H groups in total. The fourth-order valence-corrected chi connectivity index (χ4v) is 3.51. The molecule has 1 heterocycles. The average Bonchev–Trinajstić information content (AvgIpc) is 3.18. The van der Waals surface area contributed by atoms with Crippen LogP contribution in [0.3, 0.4) is 0 Å². The number of anilines is 2. The number of ether oxygens (including phenoxy) is 1. The molecule has 0 aliphatic heterocycles. The lowest BCUT2D eigenvalue weighted by Gasteiger charge is -2.12. The SMILES string of the molecule is CCCNC(=O)c1cccc(NCC(=O)Nc2cc3oc4ccccc4c3cc2OC)c1. The highest BCUT2D eigenvalue weighted by atomic mass is 16.5. The van der Waals surface area contributed by atoms with Crippen molar-refractivity contribution in [2.45, 2.75) is 13.3 Å². The van der Waals surface area contributed by atoms with Gasteiger partial charge < -0.3 is 25.1 Å². The first-order valence-electron chi connectivity index (χ1n) is 10.5. The zero-order valence-electron chi connectivity index (χ0n) is 18.0. The van der Waals surface area contributed by atoms with E-state index >= 15 is 0 Å². The summed E-state index contributed by atoms with van der Waals surface area (Å²) in [4.78, 5) is 24.7. The summed E-state index contributed by atoms with van der Waals surface area (Å²) >= 11 is 0. The molecule has 0 aliphatic rings. The Morgan fingerprint density at radius 2 is 1.81 bits per heavy atom. The Morgan fingerprint density at radius 1 is 0.969 bits per heavy atom. The van der Waals surface area contributed by atoms with Gasteiger partial charge in [-0.3, -0.25) is 9.59 Å². The van der Waals surface area contributed by atoms with Gasteiger partial charge in [-0.05, 0) is 36.8 Å². The fraction of sp³-hybridized carbons (Fsp3) is 0.200. The lowest BCUT2D eigenvalue weighted by molar-refractivity contribution is -0.114. The van der Waals surface area contributed by atoms with Gasteiger partial charge in [0.15, 0.2) is 0 Å². The number of furan rings is 1. The lowest BCUT2D eigenvalue weighted by Crippen LogP contribution is -2.24. The summed E-state index contributed by atoms with van der Waals surface area (Å²) in [5.41, 5.74) is 3.20. The summed E-state index contributed by atoms with van der Waals surface area (Å²) in [6.07, 6.45) is 0.868. The molecule has 7 nitrogen and oxygen atoms in total. The van der Waals surface area contributed by atoms with Crippen LogP contribution in [-0.2, 0) is 4.79 Å². The lowest BCUT2D eigenvalue weighted by atomic mass is 10.1. The second-order valence-electron chi connectivity index (χ2n) is 7.39. The predicted molar refractivity (Wildman–Crippen MR) is 126 cm³/mol. The molecule has 0 bridgehead atoms. The number of methoxy groups -OCH3 is 1. The second-order valence-corrected chi connectivity index (χ2v) is 7.39. The maximum Gasteiger partial charge on any atom is 0.251 e. The molecular formula is C25H25N3O4. The molecule has 0 fully saturated rings. The van der Waals surface area contributed by atoms with E-state index in [1.54, 1.807) is 31.4 Å². The van der Waals surface area contributed by atoms with Crippen LogP contribution in [0.5, 0.6) is 5.75 Å². The minimum atomic E-state index is -0.250. The smallest absolute Gasteiger partial charge is 0.251 e. The number of hydrogen-bond acceptors (Lipinski definition) is 5. The highest BCUT2D eigenvalue weighted by molar-refractivity contribution is 6.08. The maximum absolute atomic E-state index is 12.6. The number of fused-ring (bicyclic) bond motifs is 3. The number of benzene rings is 3. The third kappa shape index (κ3) is 4.51. The molecule has 7 heteroatoms. The van der Waals surface area contributed by atoms with Gasteiger partial charge in [-0.15, -0.1) is 0 Å². The molecule has 1 aromatic heterocycles. The van der Waals surface area contributed by atoms with E-state index in [2.05, 4.69) is 16.0 Å². The van der Waals surface area contributed by atoms with Crippen molar-refractivity contribution in [1.29, 1.82) is 0 Å². The van der Waals surface area contributed by atoms with E-state index in [1.807, 2.05) is 43.3 Å². The summed E-state index contributed by atoms with van der Waals surface area (Å²) in [6.45, 7) is 2.65. The van der Waals surface area contributed by atoms with Gasteiger partial charge in [0.1, 0.15) is 16.9 Å². The molecule has 164 valence electrons. The minimum absolute atomic E-state index is 0.0291. The van der Waals surface area contributed by atoms with Crippen molar-refractivity contribution < 1.29 is 18.7 Å². The van der Waals surface area contributed by atoms with Crippen LogP contribution >= 0.6 is 0 Å². The number of amides is 2. The van der Waals surface area contributed by atoms with E-state index in [0.717, 1.165) is 22.8 Å². The average molecular weight is 431 g/mol. The molecule has 0 radical (unpaired) electrons. The first kappa shape index (κ1) is 21.2. The molecule has 0 spiro atoms. The summed E-state index contributed by atoms with van der Waals surface area (Å²) in [7, 11) is 1.56. The summed E-state index contributed by atoms with van der Waals surface area (Å²) in [6, 6.07) is 18.4. The molecule has 4 rings (SSSR count). The van der Waals surface area contributed by atoms with Crippen LogP contribution in [0.4, 0.5) is 11.4 Å². The van der Waals surface area contributed by atoms with Crippen molar-refractivity contribution in [2.24, 2.45) is 0 Å². The molecule has 0 atom stereocenters. The Kier molecular flexibility index (Phi) is 6.26. The van der Waals surface area contributed by atoms with Gasteiger partial charge >= 0.3 is 0 Å². The normalized spacial score (nSPS) is 10.8. The monoisotopic (exact) mass is 431 g/mol.